The summed E-state index contributed by atoms with van der Waals surface area (Å²) >= 11 is 0. The van der Waals surface area contributed by atoms with Crippen molar-refractivity contribution < 1.29 is 19.1 Å². The number of ether oxygens (including phenoxy) is 1. The fourth-order valence-electron chi connectivity index (χ4n) is 1.55. The Balaban J connectivity index is 2.30. The third-order valence-electron chi connectivity index (χ3n) is 2.61. The summed E-state index contributed by atoms with van der Waals surface area (Å²) in [6, 6.07) is 7.02. The highest BCUT2D eigenvalue weighted by Crippen LogP contribution is 2.03. The average molecular weight is 292 g/mol. The van der Waals surface area contributed by atoms with Crippen LogP contribution in [0.1, 0.15) is 29.3 Å². The van der Waals surface area contributed by atoms with Crippen LogP contribution >= 0.6 is 0 Å². The van der Waals surface area contributed by atoms with E-state index in [0.29, 0.717) is 12.1 Å². The molecule has 0 unspecified atom stereocenters. The third-order valence-corrected chi connectivity index (χ3v) is 2.61. The van der Waals surface area contributed by atoms with Gasteiger partial charge in [-0.3, -0.25) is 14.4 Å². The zero-order chi connectivity index (χ0) is 15.7. The fraction of sp³-hybridized carbons (Fsp3) is 0.400. The van der Waals surface area contributed by atoms with Gasteiger partial charge in [0.2, 0.25) is 0 Å². The lowest BCUT2D eigenvalue weighted by atomic mass is 10.1. The van der Waals surface area contributed by atoms with E-state index < -0.39 is 5.97 Å². The second-order valence-corrected chi connectivity index (χ2v) is 4.56. The van der Waals surface area contributed by atoms with Crippen LogP contribution in [0, 0.1) is 6.92 Å². The highest BCUT2D eigenvalue weighted by molar-refractivity contribution is 5.96. The van der Waals surface area contributed by atoms with Crippen LogP contribution in [0.2, 0.25) is 0 Å². The van der Waals surface area contributed by atoms with Crippen molar-refractivity contribution in [1.29, 1.82) is 0 Å². The maximum atomic E-state index is 11.8. The first-order valence-corrected chi connectivity index (χ1v) is 6.80. The van der Waals surface area contributed by atoms with Crippen LogP contribution in [0.5, 0.6) is 0 Å². The molecule has 1 rings (SSSR count). The van der Waals surface area contributed by atoms with E-state index in [4.69, 9.17) is 4.74 Å². The maximum Gasteiger partial charge on any atom is 0.325 e. The molecule has 2 amide bonds. The standard InChI is InChI=1S/C15H20N2O4/c1-3-7-16-13(18)10-21-14(19)9-17-15(20)12-6-4-5-11(2)8-12/h4-6,8H,3,7,9-10H2,1-2H3,(H,16,18)(H,17,20). The van der Waals surface area contributed by atoms with Gasteiger partial charge >= 0.3 is 5.97 Å². The molecular formula is C15H20N2O4. The Morgan fingerprint density at radius 1 is 1.19 bits per heavy atom. The summed E-state index contributed by atoms with van der Waals surface area (Å²) in [6.07, 6.45) is 0.812. The molecule has 6 nitrogen and oxygen atoms in total. The van der Waals surface area contributed by atoms with E-state index in [1.54, 1.807) is 18.2 Å². The van der Waals surface area contributed by atoms with Crippen molar-refractivity contribution in [2.75, 3.05) is 19.7 Å². The lowest BCUT2D eigenvalue weighted by Crippen LogP contribution is -2.34. The minimum atomic E-state index is -0.650. The van der Waals surface area contributed by atoms with Gasteiger partial charge in [-0.2, -0.15) is 0 Å². The number of aryl methyl sites for hydroxylation is 1. The van der Waals surface area contributed by atoms with Crippen LogP contribution in [0.4, 0.5) is 0 Å². The van der Waals surface area contributed by atoms with Crippen LogP contribution in [0.25, 0.3) is 0 Å². The zero-order valence-corrected chi connectivity index (χ0v) is 12.3. The molecule has 0 atom stereocenters. The summed E-state index contributed by atoms with van der Waals surface area (Å²) in [4.78, 5) is 34.4. The topological polar surface area (TPSA) is 84.5 Å². The summed E-state index contributed by atoms with van der Waals surface area (Å²) in [6.45, 7) is 3.74. The van der Waals surface area contributed by atoms with Crippen LogP contribution in [0.15, 0.2) is 24.3 Å². The Labute approximate surface area is 123 Å². The number of benzene rings is 1. The van der Waals surface area contributed by atoms with E-state index in [1.165, 1.54) is 0 Å². The van der Waals surface area contributed by atoms with Crippen molar-refractivity contribution in [3.63, 3.8) is 0 Å². The van der Waals surface area contributed by atoms with E-state index >= 15 is 0 Å². The molecule has 0 aromatic heterocycles. The number of nitrogens with one attached hydrogen (secondary N) is 2. The first kappa shape index (κ1) is 16.7. The van der Waals surface area contributed by atoms with Gasteiger partial charge < -0.3 is 15.4 Å². The third kappa shape index (κ3) is 6.56. The molecule has 0 spiro atoms. The molecule has 0 heterocycles. The van der Waals surface area contributed by atoms with Gasteiger partial charge in [0.1, 0.15) is 6.54 Å². The average Bonchev–Trinajstić information content (AvgIpc) is 2.48. The minimum absolute atomic E-state index is 0.270. The number of hydrogen-bond donors (Lipinski definition) is 2. The molecule has 0 saturated carbocycles. The van der Waals surface area contributed by atoms with Gasteiger partial charge in [-0.25, -0.2) is 0 Å². The van der Waals surface area contributed by atoms with Gasteiger partial charge in [-0.05, 0) is 25.5 Å². The number of carbonyl (C=O) groups is 3. The molecule has 0 aliphatic rings. The van der Waals surface area contributed by atoms with Crippen LogP contribution in [-0.2, 0) is 14.3 Å². The summed E-state index contributed by atoms with van der Waals surface area (Å²) in [7, 11) is 0. The molecule has 0 radical (unpaired) electrons. The van der Waals surface area contributed by atoms with Gasteiger partial charge in [-0.1, -0.05) is 24.6 Å². The Morgan fingerprint density at radius 3 is 2.62 bits per heavy atom. The molecule has 114 valence electrons. The van der Waals surface area contributed by atoms with Gasteiger partial charge in [0.15, 0.2) is 6.61 Å². The normalized spacial score (nSPS) is 9.81. The lowest BCUT2D eigenvalue weighted by Gasteiger charge is -2.07. The molecular weight excluding hydrogens is 272 g/mol. The summed E-state index contributed by atoms with van der Waals surface area (Å²) in [5, 5.41) is 5.03. The molecule has 0 bridgehead atoms. The maximum absolute atomic E-state index is 11.8. The van der Waals surface area contributed by atoms with Crippen molar-refractivity contribution in [3.05, 3.63) is 35.4 Å². The van der Waals surface area contributed by atoms with Crippen LogP contribution in [0.3, 0.4) is 0 Å². The van der Waals surface area contributed by atoms with Crippen molar-refractivity contribution in [1.82, 2.24) is 10.6 Å². The van der Waals surface area contributed by atoms with E-state index in [9.17, 15) is 14.4 Å². The highest BCUT2D eigenvalue weighted by atomic mass is 16.5. The van der Waals surface area contributed by atoms with Crippen molar-refractivity contribution >= 4 is 17.8 Å². The van der Waals surface area contributed by atoms with E-state index in [2.05, 4.69) is 10.6 Å². The minimum Gasteiger partial charge on any atom is -0.454 e. The smallest absolute Gasteiger partial charge is 0.325 e. The van der Waals surface area contributed by atoms with Crippen molar-refractivity contribution in [2.24, 2.45) is 0 Å². The SMILES string of the molecule is CCCNC(=O)COC(=O)CNC(=O)c1cccc(C)c1. The molecule has 1 aromatic carbocycles. The summed E-state index contributed by atoms with van der Waals surface area (Å²) in [5.74, 6) is -1.36. The molecule has 2 N–H and O–H groups in total. The predicted molar refractivity (Wildman–Crippen MR) is 77.8 cm³/mol. The van der Waals surface area contributed by atoms with Gasteiger partial charge in [0.05, 0.1) is 0 Å². The molecule has 0 aliphatic carbocycles. The Morgan fingerprint density at radius 2 is 1.95 bits per heavy atom. The van der Waals surface area contributed by atoms with Crippen molar-refractivity contribution in [2.45, 2.75) is 20.3 Å². The highest BCUT2D eigenvalue weighted by Gasteiger charge is 2.10. The van der Waals surface area contributed by atoms with Crippen LogP contribution < -0.4 is 10.6 Å². The molecule has 6 heteroatoms. The Kier molecular flexibility index (Phi) is 6.94. The molecule has 21 heavy (non-hydrogen) atoms. The van der Waals surface area contributed by atoms with E-state index in [0.717, 1.165) is 12.0 Å². The van der Waals surface area contributed by atoms with E-state index in [-0.39, 0.29) is 25.0 Å². The second kappa shape index (κ2) is 8.73. The second-order valence-electron chi connectivity index (χ2n) is 4.56. The number of esters is 1. The molecule has 1 aromatic rings. The number of amides is 2. The predicted octanol–water partition coefficient (Wildman–Crippen LogP) is 0.794. The van der Waals surface area contributed by atoms with E-state index in [1.807, 2.05) is 19.9 Å². The summed E-state index contributed by atoms with van der Waals surface area (Å²) < 4.78 is 4.75. The number of carbonyl (C=O) groups excluding carboxylic acids is 3. The summed E-state index contributed by atoms with van der Waals surface area (Å²) in [5.41, 5.74) is 1.43. The lowest BCUT2D eigenvalue weighted by molar-refractivity contribution is -0.147. The number of hydrogen-bond acceptors (Lipinski definition) is 4. The van der Waals surface area contributed by atoms with Gasteiger partial charge in [-0.15, -0.1) is 0 Å². The quantitative estimate of drug-likeness (QED) is 0.728. The molecule has 0 aliphatic heterocycles. The Bertz CT molecular complexity index is 514. The first-order valence-electron chi connectivity index (χ1n) is 6.80. The molecule has 0 fully saturated rings. The van der Waals surface area contributed by atoms with Gasteiger partial charge in [0.25, 0.3) is 11.8 Å². The fourth-order valence-corrected chi connectivity index (χ4v) is 1.55. The first-order chi connectivity index (χ1) is 10.0. The number of rotatable bonds is 7. The Hall–Kier alpha value is -2.37. The zero-order valence-electron chi connectivity index (χ0n) is 12.3. The van der Waals surface area contributed by atoms with Crippen molar-refractivity contribution in [3.8, 4) is 0 Å². The monoisotopic (exact) mass is 292 g/mol. The van der Waals surface area contributed by atoms with Crippen LogP contribution in [-0.4, -0.2) is 37.5 Å². The van der Waals surface area contributed by atoms with Gasteiger partial charge in [0, 0.05) is 12.1 Å². The largest absolute Gasteiger partial charge is 0.454 e. The molecule has 0 saturated heterocycles.